The van der Waals surface area contributed by atoms with Gasteiger partial charge < -0.3 is 15.7 Å². The van der Waals surface area contributed by atoms with Crippen molar-refractivity contribution in [3.63, 3.8) is 0 Å². The summed E-state index contributed by atoms with van der Waals surface area (Å²) < 4.78 is 0. The van der Waals surface area contributed by atoms with Gasteiger partial charge in [-0.25, -0.2) is 0 Å². The van der Waals surface area contributed by atoms with E-state index in [9.17, 15) is 14.7 Å². The SMILES string of the molecule is CCCCC(N)C(=O)N1CCCC(C(C)(C)C(=O)O)C1. The number of piperidine rings is 1. The number of carboxylic acids is 1. The predicted molar refractivity (Wildman–Crippen MR) is 78.2 cm³/mol. The Labute approximate surface area is 121 Å². The van der Waals surface area contributed by atoms with Crippen molar-refractivity contribution in [1.29, 1.82) is 0 Å². The zero-order chi connectivity index (χ0) is 15.3. The monoisotopic (exact) mass is 284 g/mol. The first kappa shape index (κ1) is 17.0. The second-order valence-electron chi connectivity index (χ2n) is 6.40. The Bertz CT molecular complexity index is 355. The highest BCUT2D eigenvalue weighted by Gasteiger charge is 2.40. The van der Waals surface area contributed by atoms with Crippen LogP contribution in [0.3, 0.4) is 0 Å². The zero-order valence-electron chi connectivity index (χ0n) is 12.9. The van der Waals surface area contributed by atoms with Gasteiger partial charge in [0.25, 0.3) is 0 Å². The molecular formula is C15H28N2O3. The molecule has 1 heterocycles. The predicted octanol–water partition coefficient (Wildman–Crippen LogP) is 1.85. The first-order chi connectivity index (χ1) is 9.30. The third kappa shape index (κ3) is 3.95. The van der Waals surface area contributed by atoms with E-state index >= 15 is 0 Å². The molecule has 0 radical (unpaired) electrons. The number of rotatable bonds is 6. The van der Waals surface area contributed by atoms with E-state index in [1.54, 1.807) is 18.7 Å². The molecule has 0 bridgehead atoms. The molecule has 20 heavy (non-hydrogen) atoms. The van der Waals surface area contributed by atoms with Crippen molar-refractivity contribution in [2.45, 2.75) is 58.9 Å². The molecule has 0 aromatic carbocycles. The quantitative estimate of drug-likeness (QED) is 0.779. The number of carbonyl (C=O) groups excluding carboxylic acids is 1. The number of unbranched alkanes of at least 4 members (excludes halogenated alkanes) is 1. The molecule has 1 saturated heterocycles. The van der Waals surface area contributed by atoms with Crippen molar-refractivity contribution in [2.75, 3.05) is 13.1 Å². The smallest absolute Gasteiger partial charge is 0.309 e. The van der Waals surface area contributed by atoms with Crippen molar-refractivity contribution in [3.05, 3.63) is 0 Å². The number of aliphatic carboxylic acids is 1. The summed E-state index contributed by atoms with van der Waals surface area (Å²) in [5.41, 5.74) is 5.14. The van der Waals surface area contributed by atoms with Crippen molar-refractivity contribution in [3.8, 4) is 0 Å². The number of nitrogens with two attached hydrogens (primary N) is 1. The number of likely N-dealkylation sites (tertiary alicyclic amines) is 1. The lowest BCUT2D eigenvalue weighted by Gasteiger charge is -2.40. The van der Waals surface area contributed by atoms with Gasteiger partial charge in [-0.3, -0.25) is 9.59 Å². The summed E-state index contributed by atoms with van der Waals surface area (Å²) in [4.78, 5) is 25.4. The van der Waals surface area contributed by atoms with Crippen LogP contribution in [0, 0.1) is 11.3 Å². The first-order valence-electron chi connectivity index (χ1n) is 7.58. The second kappa shape index (κ2) is 7.07. The van der Waals surface area contributed by atoms with Gasteiger partial charge in [-0.05, 0) is 39.0 Å². The normalized spacial score (nSPS) is 21.6. The van der Waals surface area contributed by atoms with E-state index in [-0.39, 0.29) is 11.8 Å². The second-order valence-corrected chi connectivity index (χ2v) is 6.40. The molecule has 1 amide bonds. The Balaban J connectivity index is 2.65. The topological polar surface area (TPSA) is 83.6 Å². The van der Waals surface area contributed by atoms with Crippen LogP contribution in [0.1, 0.15) is 52.9 Å². The van der Waals surface area contributed by atoms with Gasteiger partial charge in [0, 0.05) is 13.1 Å². The van der Waals surface area contributed by atoms with Crippen LogP contribution in [0.25, 0.3) is 0 Å². The number of carboxylic acid groups (broad SMARTS) is 1. The molecule has 3 N–H and O–H groups in total. The molecule has 2 unspecified atom stereocenters. The number of carbonyl (C=O) groups is 2. The molecule has 0 aromatic heterocycles. The summed E-state index contributed by atoms with van der Waals surface area (Å²) in [7, 11) is 0. The van der Waals surface area contributed by atoms with Crippen LogP contribution in [-0.4, -0.2) is 41.0 Å². The van der Waals surface area contributed by atoms with Crippen molar-refractivity contribution in [1.82, 2.24) is 4.90 Å². The average molecular weight is 284 g/mol. The molecule has 116 valence electrons. The van der Waals surface area contributed by atoms with E-state index in [1.165, 1.54) is 0 Å². The minimum absolute atomic E-state index is 0.00363. The van der Waals surface area contributed by atoms with Crippen molar-refractivity contribution < 1.29 is 14.7 Å². The fourth-order valence-electron chi connectivity index (χ4n) is 2.72. The summed E-state index contributed by atoms with van der Waals surface area (Å²) in [6.07, 6.45) is 4.39. The number of hydrogen-bond acceptors (Lipinski definition) is 3. The lowest BCUT2D eigenvalue weighted by atomic mass is 9.74. The Morgan fingerprint density at radius 3 is 2.65 bits per heavy atom. The van der Waals surface area contributed by atoms with E-state index in [2.05, 4.69) is 6.92 Å². The Morgan fingerprint density at radius 1 is 1.45 bits per heavy atom. The van der Waals surface area contributed by atoms with Crippen LogP contribution in [0.5, 0.6) is 0 Å². The summed E-state index contributed by atoms with van der Waals surface area (Å²) in [5, 5.41) is 9.32. The van der Waals surface area contributed by atoms with Gasteiger partial charge in [-0.15, -0.1) is 0 Å². The van der Waals surface area contributed by atoms with Gasteiger partial charge in [-0.2, -0.15) is 0 Å². The van der Waals surface area contributed by atoms with Gasteiger partial charge in [0.1, 0.15) is 0 Å². The molecule has 1 aliphatic heterocycles. The molecule has 2 atom stereocenters. The zero-order valence-corrected chi connectivity index (χ0v) is 12.9. The third-order valence-electron chi connectivity index (χ3n) is 4.49. The molecule has 1 rings (SSSR count). The van der Waals surface area contributed by atoms with Gasteiger partial charge >= 0.3 is 5.97 Å². The highest BCUT2D eigenvalue weighted by molar-refractivity contribution is 5.82. The Kier molecular flexibility index (Phi) is 5.99. The van der Waals surface area contributed by atoms with E-state index < -0.39 is 17.4 Å². The van der Waals surface area contributed by atoms with Gasteiger partial charge in [0.05, 0.1) is 11.5 Å². The van der Waals surface area contributed by atoms with Crippen LogP contribution < -0.4 is 5.73 Å². The lowest BCUT2D eigenvalue weighted by Crippen LogP contribution is -2.51. The molecule has 0 saturated carbocycles. The molecule has 0 spiro atoms. The number of nitrogens with zero attached hydrogens (tertiary/aromatic N) is 1. The van der Waals surface area contributed by atoms with Crippen LogP contribution in [0.2, 0.25) is 0 Å². The standard InChI is InChI=1S/C15H28N2O3/c1-4-5-8-12(16)13(18)17-9-6-7-11(10-17)15(2,3)14(19)20/h11-12H,4-10,16H2,1-3H3,(H,19,20). The van der Waals surface area contributed by atoms with Gasteiger partial charge in [0.15, 0.2) is 0 Å². The van der Waals surface area contributed by atoms with Crippen molar-refractivity contribution in [2.24, 2.45) is 17.1 Å². The number of amides is 1. The summed E-state index contributed by atoms with van der Waals surface area (Å²) >= 11 is 0. The molecular weight excluding hydrogens is 256 g/mol. The van der Waals surface area contributed by atoms with E-state index in [0.717, 1.165) is 25.7 Å². The van der Waals surface area contributed by atoms with E-state index in [4.69, 9.17) is 5.73 Å². The van der Waals surface area contributed by atoms with Crippen LogP contribution in [-0.2, 0) is 9.59 Å². The van der Waals surface area contributed by atoms with Crippen LogP contribution >= 0.6 is 0 Å². The first-order valence-corrected chi connectivity index (χ1v) is 7.58. The lowest BCUT2D eigenvalue weighted by molar-refractivity contribution is -0.153. The largest absolute Gasteiger partial charge is 0.481 e. The maximum Gasteiger partial charge on any atom is 0.309 e. The minimum atomic E-state index is -0.799. The fraction of sp³-hybridized carbons (Fsp3) is 0.867. The maximum atomic E-state index is 12.3. The molecule has 0 aromatic rings. The molecule has 5 heteroatoms. The fourth-order valence-corrected chi connectivity index (χ4v) is 2.72. The summed E-state index contributed by atoms with van der Waals surface area (Å²) in [5.74, 6) is -0.826. The highest BCUT2D eigenvalue weighted by Crippen LogP contribution is 2.34. The van der Waals surface area contributed by atoms with Crippen LogP contribution in [0.4, 0.5) is 0 Å². The maximum absolute atomic E-state index is 12.3. The molecule has 5 nitrogen and oxygen atoms in total. The molecule has 1 aliphatic rings. The van der Waals surface area contributed by atoms with E-state index in [1.807, 2.05) is 0 Å². The van der Waals surface area contributed by atoms with E-state index in [0.29, 0.717) is 19.5 Å². The minimum Gasteiger partial charge on any atom is -0.481 e. The summed E-state index contributed by atoms with van der Waals surface area (Å²) in [6, 6.07) is -0.443. The summed E-state index contributed by atoms with van der Waals surface area (Å²) in [6.45, 7) is 6.77. The molecule has 1 fully saturated rings. The number of hydrogen-bond donors (Lipinski definition) is 2. The Morgan fingerprint density at radius 2 is 2.10 bits per heavy atom. The van der Waals surface area contributed by atoms with Crippen molar-refractivity contribution >= 4 is 11.9 Å². The average Bonchev–Trinajstić information content (AvgIpc) is 2.43. The van der Waals surface area contributed by atoms with Crippen LogP contribution in [0.15, 0.2) is 0 Å². The van der Waals surface area contributed by atoms with Gasteiger partial charge in [0.2, 0.25) is 5.91 Å². The third-order valence-corrected chi connectivity index (χ3v) is 4.49. The highest BCUT2D eigenvalue weighted by atomic mass is 16.4. The van der Waals surface area contributed by atoms with Gasteiger partial charge in [-0.1, -0.05) is 19.8 Å². The Hall–Kier alpha value is -1.10. The molecule has 0 aliphatic carbocycles.